The molecule has 0 atom stereocenters. The fourth-order valence-electron chi connectivity index (χ4n) is 1.81. The van der Waals surface area contributed by atoms with Gasteiger partial charge in [-0.25, -0.2) is 0 Å². The molecule has 0 heterocycles. The lowest BCUT2D eigenvalue weighted by Gasteiger charge is -2.07. The van der Waals surface area contributed by atoms with E-state index in [4.69, 9.17) is 9.68 Å². The smallest absolute Gasteiger partial charge is 0.535 e. The van der Waals surface area contributed by atoms with Gasteiger partial charge in [-0.3, -0.25) is 0 Å². The van der Waals surface area contributed by atoms with E-state index in [-0.39, 0.29) is 11.5 Å². The molecular weight excluding hydrogens is 227 g/mol. The molecule has 0 saturated heterocycles. The van der Waals surface area contributed by atoms with Crippen LogP contribution >= 0.6 is 0 Å². The minimum atomic E-state index is 0.0332. The largest absolute Gasteiger partial charge is 0.569 e. The predicted molar refractivity (Wildman–Crippen MR) is 70.6 cm³/mol. The lowest BCUT2D eigenvalue weighted by atomic mass is 10.0. The molecule has 2 aromatic carbocycles. The summed E-state index contributed by atoms with van der Waals surface area (Å²) in [7, 11) is 0.554. The number of rotatable bonds is 5. The highest BCUT2D eigenvalue weighted by Gasteiger charge is 2.04. The van der Waals surface area contributed by atoms with E-state index >= 15 is 0 Å². The van der Waals surface area contributed by atoms with Crippen molar-refractivity contribution in [1.82, 2.24) is 0 Å². The second kappa shape index (κ2) is 6.12. The summed E-state index contributed by atoms with van der Waals surface area (Å²) < 4.78 is 4.73. The normalized spacial score (nSPS) is 10.1. The summed E-state index contributed by atoms with van der Waals surface area (Å²) in [4.78, 5) is 0. The Balaban J connectivity index is 2.00. The molecule has 0 spiro atoms. The summed E-state index contributed by atoms with van der Waals surface area (Å²) >= 11 is 0. The van der Waals surface area contributed by atoms with Crippen LogP contribution in [0, 0.1) is 0 Å². The fraction of sp³-hybridized carbons (Fsp3) is 0.143. The van der Waals surface area contributed by atoms with Gasteiger partial charge in [0.1, 0.15) is 5.75 Å². The maximum Gasteiger partial charge on any atom is 0.569 e. The molecule has 0 aliphatic rings. The van der Waals surface area contributed by atoms with E-state index in [0.717, 1.165) is 18.4 Å². The average molecular weight is 241 g/mol. The molecule has 0 fully saturated rings. The Morgan fingerprint density at radius 2 is 1.67 bits per heavy atom. The number of hydrogen-bond acceptors (Lipinski definition) is 3. The van der Waals surface area contributed by atoms with Crippen LogP contribution < -0.4 is 4.65 Å². The van der Waals surface area contributed by atoms with Crippen molar-refractivity contribution in [2.75, 3.05) is 0 Å². The Bertz CT molecular complexity index is 500. The molecule has 91 valence electrons. The minimum Gasteiger partial charge on any atom is -0.535 e. The van der Waals surface area contributed by atoms with E-state index in [1.807, 2.05) is 24.3 Å². The highest BCUT2D eigenvalue weighted by molar-refractivity contribution is 6.17. The van der Waals surface area contributed by atoms with E-state index in [1.54, 1.807) is 12.1 Å². The van der Waals surface area contributed by atoms with Gasteiger partial charge in [-0.15, -0.1) is 0 Å². The Morgan fingerprint density at radius 1 is 0.944 bits per heavy atom. The van der Waals surface area contributed by atoms with Crippen molar-refractivity contribution in [2.45, 2.75) is 12.8 Å². The third-order valence-corrected chi connectivity index (χ3v) is 2.75. The molecule has 2 N–H and O–H groups in total. The Kier molecular flexibility index (Phi) is 4.26. The third kappa shape index (κ3) is 3.28. The van der Waals surface area contributed by atoms with Crippen LogP contribution in [-0.2, 0) is 12.8 Å². The van der Waals surface area contributed by atoms with E-state index in [9.17, 15) is 5.11 Å². The van der Waals surface area contributed by atoms with Crippen molar-refractivity contribution >= 4 is 7.69 Å². The summed E-state index contributed by atoms with van der Waals surface area (Å²) in [6, 6.07) is 15.4. The van der Waals surface area contributed by atoms with Gasteiger partial charge in [-0.1, -0.05) is 36.4 Å². The first-order chi connectivity index (χ1) is 8.79. The number of aromatic hydroxyl groups is 1. The maximum atomic E-state index is 9.66. The van der Waals surface area contributed by atoms with Crippen molar-refractivity contribution < 1.29 is 14.8 Å². The zero-order valence-electron chi connectivity index (χ0n) is 9.91. The average Bonchev–Trinajstić information content (AvgIpc) is 2.41. The highest BCUT2D eigenvalue weighted by atomic mass is 16.5. The van der Waals surface area contributed by atoms with Crippen molar-refractivity contribution in [3.8, 4) is 11.5 Å². The summed E-state index contributed by atoms with van der Waals surface area (Å²) in [5, 5.41) is 18.2. The third-order valence-electron chi connectivity index (χ3n) is 2.75. The number of aryl methyl sites for hydroxylation is 2. The second-order valence-electron chi connectivity index (χ2n) is 4.01. The van der Waals surface area contributed by atoms with Crippen LogP contribution in [0.3, 0.4) is 0 Å². The van der Waals surface area contributed by atoms with Crippen LogP contribution in [0.15, 0.2) is 48.5 Å². The number of phenolic OH excluding ortho intramolecular Hbond substituents is 1. The van der Waals surface area contributed by atoms with E-state index in [1.165, 1.54) is 5.56 Å². The molecule has 0 bridgehead atoms. The standard InChI is InChI=1S/C14H14BO3/c16-13-10-12(8-9-14(13)18-15-17)7-6-11-4-2-1-3-5-11/h1-5,8-10,16-17H,6-7H2. The number of phenols is 1. The highest BCUT2D eigenvalue weighted by Crippen LogP contribution is 2.26. The van der Waals surface area contributed by atoms with Crippen LogP contribution in [0.4, 0.5) is 0 Å². The molecule has 2 rings (SSSR count). The number of hydrogen-bond donors (Lipinski definition) is 2. The Hall–Kier alpha value is -1.94. The van der Waals surface area contributed by atoms with Crippen LogP contribution in [0.25, 0.3) is 0 Å². The monoisotopic (exact) mass is 241 g/mol. The zero-order valence-corrected chi connectivity index (χ0v) is 9.91. The molecule has 0 aliphatic carbocycles. The second-order valence-corrected chi connectivity index (χ2v) is 4.01. The van der Waals surface area contributed by atoms with Crippen LogP contribution in [0.2, 0.25) is 0 Å². The zero-order chi connectivity index (χ0) is 12.8. The van der Waals surface area contributed by atoms with Gasteiger partial charge in [-0.05, 0) is 36.1 Å². The van der Waals surface area contributed by atoms with Crippen molar-refractivity contribution in [2.24, 2.45) is 0 Å². The molecule has 0 saturated carbocycles. The van der Waals surface area contributed by atoms with E-state index in [2.05, 4.69) is 12.1 Å². The lowest BCUT2D eigenvalue weighted by molar-refractivity contribution is 0.410. The molecule has 1 radical (unpaired) electrons. The first-order valence-corrected chi connectivity index (χ1v) is 5.78. The Labute approximate surface area is 107 Å². The van der Waals surface area contributed by atoms with E-state index < -0.39 is 0 Å². The molecule has 0 aromatic heterocycles. The number of benzene rings is 2. The van der Waals surface area contributed by atoms with Gasteiger partial charge in [0.25, 0.3) is 0 Å². The van der Waals surface area contributed by atoms with Gasteiger partial charge >= 0.3 is 7.69 Å². The predicted octanol–water partition coefficient (Wildman–Crippen LogP) is 2.08. The molecule has 2 aromatic rings. The molecule has 3 nitrogen and oxygen atoms in total. The molecule has 0 unspecified atom stereocenters. The van der Waals surface area contributed by atoms with Gasteiger partial charge in [-0.2, -0.15) is 0 Å². The van der Waals surface area contributed by atoms with Crippen molar-refractivity contribution in [3.63, 3.8) is 0 Å². The Morgan fingerprint density at radius 3 is 2.33 bits per heavy atom. The van der Waals surface area contributed by atoms with Crippen molar-refractivity contribution in [1.29, 1.82) is 0 Å². The maximum absolute atomic E-state index is 9.66. The molecule has 4 heteroatoms. The van der Waals surface area contributed by atoms with Gasteiger partial charge in [0.05, 0.1) is 0 Å². The lowest BCUT2D eigenvalue weighted by Crippen LogP contribution is -2.00. The summed E-state index contributed by atoms with van der Waals surface area (Å²) in [6.07, 6.45) is 1.77. The molecule has 0 aliphatic heterocycles. The minimum absolute atomic E-state index is 0.0332. The molecular formula is C14H14BO3. The van der Waals surface area contributed by atoms with Crippen LogP contribution in [-0.4, -0.2) is 17.8 Å². The van der Waals surface area contributed by atoms with E-state index in [0.29, 0.717) is 7.69 Å². The van der Waals surface area contributed by atoms with Gasteiger partial charge in [0.15, 0.2) is 5.75 Å². The van der Waals surface area contributed by atoms with Crippen LogP contribution in [0.5, 0.6) is 11.5 Å². The van der Waals surface area contributed by atoms with Gasteiger partial charge in [0, 0.05) is 0 Å². The molecule has 0 amide bonds. The van der Waals surface area contributed by atoms with Crippen molar-refractivity contribution in [3.05, 3.63) is 59.7 Å². The summed E-state index contributed by atoms with van der Waals surface area (Å²) in [5.41, 5.74) is 2.29. The quantitative estimate of drug-likeness (QED) is 0.788. The first kappa shape index (κ1) is 12.5. The van der Waals surface area contributed by atoms with Gasteiger partial charge in [0.2, 0.25) is 0 Å². The van der Waals surface area contributed by atoms with Crippen LogP contribution in [0.1, 0.15) is 11.1 Å². The molecule has 18 heavy (non-hydrogen) atoms. The summed E-state index contributed by atoms with van der Waals surface area (Å²) in [6.45, 7) is 0. The topological polar surface area (TPSA) is 49.7 Å². The first-order valence-electron chi connectivity index (χ1n) is 5.78. The summed E-state index contributed by atoms with van der Waals surface area (Å²) in [5.74, 6) is 0.284. The fourth-order valence-corrected chi connectivity index (χ4v) is 1.81. The van der Waals surface area contributed by atoms with Gasteiger partial charge < -0.3 is 14.8 Å². The SMILES string of the molecule is O[B]Oc1ccc(CCc2ccccc2)cc1O.